The third-order valence-electron chi connectivity index (χ3n) is 9.72. The molecule has 12 heteroatoms. The van der Waals surface area contributed by atoms with Crippen molar-refractivity contribution in [2.24, 2.45) is 0 Å². The van der Waals surface area contributed by atoms with Gasteiger partial charge in [0.1, 0.15) is 11.4 Å². The number of aliphatic carboxylic acids is 1. The van der Waals surface area contributed by atoms with Crippen molar-refractivity contribution in [3.8, 4) is 5.75 Å². The molecule has 0 saturated carbocycles. The third-order valence-corrected chi connectivity index (χ3v) is 9.72. The summed E-state index contributed by atoms with van der Waals surface area (Å²) < 4.78 is 43.6. The van der Waals surface area contributed by atoms with Gasteiger partial charge in [0.05, 0.1) is 19.7 Å². The molecule has 3 aliphatic heterocycles. The molecular formula is C35H46F3N3O6. The van der Waals surface area contributed by atoms with Crippen LogP contribution in [0.1, 0.15) is 78.9 Å². The van der Waals surface area contributed by atoms with E-state index in [4.69, 9.17) is 19.4 Å². The molecule has 1 unspecified atom stereocenters. The van der Waals surface area contributed by atoms with Crippen LogP contribution in [0.4, 0.5) is 18.0 Å². The van der Waals surface area contributed by atoms with Crippen LogP contribution in [0, 0.1) is 13.8 Å². The van der Waals surface area contributed by atoms with Crippen LogP contribution in [0.25, 0.3) is 0 Å². The average molecular weight is 662 g/mol. The largest absolute Gasteiger partial charge is 0.496 e. The minimum atomic E-state index is -5.08. The number of halogens is 3. The number of carbonyl (C=O) groups excluding carboxylic acids is 2. The number of piperidine rings is 2. The van der Waals surface area contributed by atoms with Crippen LogP contribution in [0.5, 0.6) is 5.75 Å². The molecule has 2 amide bonds. The number of aryl methyl sites for hydroxylation is 2. The van der Waals surface area contributed by atoms with E-state index in [0.29, 0.717) is 12.6 Å². The van der Waals surface area contributed by atoms with Crippen molar-refractivity contribution in [1.82, 2.24) is 14.7 Å². The van der Waals surface area contributed by atoms with Crippen LogP contribution in [0.2, 0.25) is 0 Å². The Kier molecular flexibility index (Phi) is 11.8. The Morgan fingerprint density at radius 3 is 2.15 bits per heavy atom. The lowest BCUT2D eigenvalue weighted by atomic mass is 9.81. The zero-order chi connectivity index (χ0) is 34.4. The van der Waals surface area contributed by atoms with Crippen molar-refractivity contribution in [3.05, 3.63) is 64.7 Å². The highest BCUT2D eigenvalue weighted by atomic mass is 19.4. The van der Waals surface area contributed by atoms with Crippen molar-refractivity contribution in [1.29, 1.82) is 0 Å². The zero-order valence-electron chi connectivity index (χ0n) is 27.6. The van der Waals surface area contributed by atoms with Gasteiger partial charge in [-0.1, -0.05) is 56.2 Å². The van der Waals surface area contributed by atoms with Crippen LogP contribution < -0.4 is 4.74 Å². The number of methoxy groups -OCH3 is 1. The number of hydrogen-bond donors (Lipinski definition) is 1. The first-order chi connectivity index (χ1) is 22.3. The summed E-state index contributed by atoms with van der Waals surface area (Å²) >= 11 is 0. The van der Waals surface area contributed by atoms with E-state index in [1.54, 1.807) is 7.11 Å². The van der Waals surface area contributed by atoms with Crippen LogP contribution >= 0.6 is 0 Å². The van der Waals surface area contributed by atoms with Gasteiger partial charge in [-0.15, -0.1) is 0 Å². The number of ether oxygens (including phenoxy) is 2. The number of benzene rings is 2. The Hall–Kier alpha value is -3.80. The highest BCUT2D eigenvalue weighted by Crippen LogP contribution is 2.43. The number of carboxylic acids is 1. The molecule has 1 N–H and O–H groups in total. The highest BCUT2D eigenvalue weighted by molar-refractivity contribution is 5.97. The van der Waals surface area contributed by atoms with Crippen molar-refractivity contribution >= 4 is 18.0 Å². The fourth-order valence-corrected chi connectivity index (χ4v) is 7.17. The number of rotatable bonds is 8. The summed E-state index contributed by atoms with van der Waals surface area (Å²) in [6.07, 6.45) is 1.53. The number of amides is 2. The molecule has 2 aromatic rings. The SMILES string of the molecule is CCCCC1N(Cc2ccccc2OC)C(=O)OC12CCN(C1CCN(C(=O)c3c(C)cccc3C)CC1)CC2.O=C(O)C(F)(F)F. The van der Waals surface area contributed by atoms with Gasteiger partial charge < -0.3 is 19.5 Å². The topological polar surface area (TPSA) is 99.6 Å². The highest BCUT2D eigenvalue weighted by Gasteiger charge is 2.55. The molecule has 9 nitrogen and oxygen atoms in total. The van der Waals surface area contributed by atoms with Crippen LogP contribution in [0.15, 0.2) is 42.5 Å². The Morgan fingerprint density at radius 2 is 1.60 bits per heavy atom. The molecule has 47 heavy (non-hydrogen) atoms. The van der Waals surface area contributed by atoms with E-state index in [-0.39, 0.29) is 18.0 Å². The molecule has 3 saturated heterocycles. The van der Waals surface area contributed by atoms with E-state index in [9.17, 15) is 22.8 Å². The van der Waals surface area contributed by atoms with Gasteiger partial charge in [0, 0.05) is 56.2 Å². The van der Waals surface area contributed by atoms with Crippen molar-refractivity contribution in [2.45, 2.75) is 96.1 Å². The van der Waals surface area contributed by atoms with E-state index in [2.05, 4.69) is 11.8 Å². The van der Waals surface area contributed by atoms with Gasteiger partial charge in [0.25, 0.3) is 5.91 Å². The van der Waals surface area contributed by atoms with Gasteiger partial charge in [-0.3, -0.25) is 14.6 Å². The molecule has 0 aliphatic carbocycles. The first-order valence-electron chi connectivity index (χ1n) is 16.3. The fourth-order valence-electron chi connectivity index (χ4n) is 7.17. The van der Waals surface area contributed by atoms with Gasteiger partial charge >= 0.3 is 18.2 Å². The number of nitrogens with zero attached hydrogens (tertiary/aromatic N) is 3. The predicted molar refractivity (Wildman–Crippen MR) is 170 cm³/mol. The molecular weight excluding hydrogens is 615 g/mol. The van der Waals surface area contributed by atoms with E-state index in [1.165, 1.54) is 0 Å². The number of para-hydroxylation sites is 1. The smallest absolute Gasteiger partial charge is 0.490 e. The van der Waals surface area contributed by atoms with Gasteiger partial charge in [-0.25, -0.2) is 9.59 Å². The quantitative estimate of drug-likeness (QED) is 0.341. The van der Waals surface area contributed by atoms with E-state index < -0.39 is 17.7 Å². The Bertz CT molecular complexity index is 1380. The third kappa shape index (κ3) is 8.38. The molecule has 1 atom stereocenters. The predicted octanol–water partition coefficient (Wildman–Crippen LogP) is 6.60. The van der Waals surface area contributed by atoms with Gasteiger partial charge in [0.15, 0.2) is 0 Å². The van der Waals surface area contributed by atoms with Gasteiger partial charge in [-0.2, -0.15) is 13.2 Å². The molecule has 5 rings (SSSR count). The minimum absolute atomic E-state index is 0.0730. The number of alkyl halides is 3. The number of unbranched alkanes of at least 4 members (excludes halogenated alkanes) is 1. The summed E-state index contributed by atoms with van der Waals surface area (Å²) in [6.45, 7) is 10.2. The van der Waals surface area contributed by atoms with Crippen LogP contribution in [-0.2, 0) is 16.1 Å². The first kappa shape index (κ1) is 36.0. The Labute approximate surface area is 274 Å². The van der Waals surface area contributed by atoms with E-state index in [1.807, 2.05) is 66.1 Å². The summed E-state index contributed by atoms with van der Waals surface area (Å²) in [5, 5.41) is 7.12. The normalized spacial score (nSPS) is 20.1. The lowest BCUT2D eigenvalue weighted by Gasteiger charge is -2.46. The zero-order valence-corrected chi connectivity index (χ0v) is 27.6. The summed E-state index contributed by atoms with van der Waals surface area (Å²) in [4.78, 5) is 42.1. The summed E-state index contributed by atoms with van der Waals surface area (Å²) in [5.74, 6) is -1.78. The summed E-state index contributed by atoms with van der Waals surface area (Å²) in [7, 11) is 1.68. The van der Waals surface area contributed by atoms with Crippen molar-refractivity contribution < 1.29 is 42.1 Å². The number of likely N-dealkylation sites (tertiary alicyclic amines) is 2. The maximum Gasteiger partial charge on any atom is 0.490 e. The van der Waals surface area contributed by atoms with Gasteiger partial charge in [0.2, 0.25) is 0 Å². The first-order valence-corrected chi connectivity index (χ1v) is 16.3. The summed E-state index contributed by atoms with van der Waals surface area (Å²) in [6, 6.07) is 14.6. The Morgan fingerprint density at radius 1 is 1.00 bits per heavy atom. The Balaban J connectivity index is 0.000000644. The van der Waals surface area contributed by atoms with Crippen molar-refractivity contribution in [3.63, 3.8) is 0 Å². The molecule has 0 radical (unpaired) electrons. The molecule has 1 spiro atoms. The van der Waals surface area contributed by atoms with Gasteiger partial charge in [-0.05, 0) is 50.3 Å². The van der Waals surface area contributed by atoms with Crippen LogP contribution in [0.3, 0.4) is 0 Å². The number of hydrogen-bond acceptors (Lipinski definition) is 6. The maximum absolute atomic E-state index is 13.3. The lowest BCUT2D eigenvalue weighted by molar-refractivity contribution is -0.192. The molecule has 0 aromatic heterocycles. The van der Waals surface area contributed by atoms with E-state index in [0.717, 1.165) is 99.1 Å². The number of carbonyl (C=O) groups is 3. The number of carboxylic acid groups (broad SMARTS) is 1. The molecule has 3 heterocycles. The minimum Gasteiger partial charge on any atom is -0.496 e. The monoisotopic (exact) mass is 661 g/mol. The molecule has 3 fully saturated rings. The standard InChI is InChI=1S/C33H45N3O4.C2HF3O2/c1-5-6-14-29-33(40-32(38)36(29)23-26-12-7-8-13-28(26)39-4)17-21-34(22-18-33)27-15-19-35(20-16-27)31(37)30-24(2)10-9-11-25(30)3;3-2(4,5)1(6)7/h7-13,27,29H,5-6,14-23H2,1-4H3;(H,6,7). The summed E-state index contributed by atoms with van der Waals surface area (Å²) in [5.41, 5.74) is 3.55. The lowest BCUT2D eigenvalue weighted by Crippen LogP contribution is -2.56. The van der Waals surface area contributed by atoms with Crippen molar-refractivity contribution in [2.75, 3.05) is 33.3 Å². The second-order valence-corrected chi connectivity index (χ2v) is 12.7. The molecule has 0 bridgehead atoms. The second-order valence-electron chi connectivity index (χ2n) is 12.7. The average Bonchev–Trinajstić information content (AvgIpc) is 3.29. The molecule has 2 aromatic carbocycles. The molecule has 258 valence electrons. The van der Waals surface area contributed by atoms with Crippen LogP contribution in [-0.4, -0.2) is 94.9 Å². The maximum atomic E-state index is 13.3. The van der Waals surface area contributed by atoms with E-state index >= 15 is 0 Å². The molecule has 3 aliphatic rings. The second kappa shape index (κ2) is 15.4. The fraction of sp³-hybridized carbons (Fsp3) is 0.571.